The lowest BCUT2D eigenvalue weighted by Gasteiger charge is -2.33. The second kappa shape index (κ2) is 5.12. The van der Waals surface area contributed by atoms with Crippen LogP contribution < -0.4 is 5.32 Å². The molecular formula is C11H11Cl2N3O2. The van der Waals surface area contributed by atoms with E-state index in [1.165, 1.54) is 17.2 Å². The van der Waals surface area contributed by atoms with E-state index in [1.54, 1.807) is 6.92 Å². The Kier molecular flexibility index (Phi) is 3.73. The molecule has 1 aromatic rings. The summed E-state index contributed by atoms with van der Waals surface area (Å²) >= 11 is 11.7. The predicted octanol–water partition coefficient (Wildman–Crippen LogP) is 1.35. The number of rotatable bonds is 1. The highest BCUT2D eigenvalue weighted by Crippen LogP contribution is 2.21. The van der Waals surface area contributed by atoms with Gasteiger partial charge in [-0.2, -0.15) is 0 Å². The standard InChI is InChI=1S/C11H11Cl2N3O2/c1-6-10(17)14-2-3-16(6)11(18)7-4-9(13)15-5-8(7)12/h4-6H,2-3H2,1H3,(H,14,17). The maximum absolute atomic E-state index is 12.3. The van der Waals surface area contributed by atoms with E-state index < -0.39 is 6.04 Å². The first-order chi connectivity index (χ1) is 8.50. The number of nitrogens with zero attached hydrogens (tertiary/aromatic N) is 2. The molecule has 7 heteroatoms. The van der Waals surface area contributed by atoms with Crippen LogP contribution in [0.1, 0.15) is 17.3 Å². The number of nitrogens with one attached hydrogen (secondary N) is 1. The van der Waals surface area contributed by atoms with Crippen LogP contribution in [0, 0.1) is 0 Å². The van der Waals surface area contributed by atoms with Crippen LogP contribution in [0.25, 0.3) is 0 Å². The van der Waals surface area contributed by atoms with Gasteiger partial charge in [0.2, 0.25) is 5.91 Å². The molecule has 5 nitrogen and oxygen atoms in total. The van der Waals surface area contributed by atoms with E-state index in [-0.39, 0.29) is 27.6 Å². The van der Waals surface area contributed by atoms with Crippen molar-refractivity contribution < 1.29 is 9.59 Å². The van der Waals surface area contributed by atoms with Crippen molar-refractivity contribution in [3.8, 4) is 0 Å². The third kappa shape index (κ3) is 2.42. The summed E-state index contributed by atoms with van der Waals surface area (Å²) in [5.41, 5.74) is 0.262. The molecule has 1 atom stereocenters. The van der Waals surface area contributed by atoms with E-state index in [1.807, 2.05) is 0 Å². The topological polar surface area (TPSA) is 62.3 Å². The lowest BCUT2D eigenvalue weighted by atomic mass is 10.1. The molecule has 0 aromatic carbocycles. The lowest BCUT2D eigenvalue weighted by molar-refractivity contribution is -0.127. The molecule has 1 aliphatic heterocycles. The first kappa shape index (κ1) is 13.1. The average molecular weight is 288 g/mol. The van der Waals surface area contributed by atoms with Crippen LogP contribution in [0.5, 0.6) is 0 Å². The van der Waals surface area contributed by atoms with Gasteiger partial charge in [-0.05, 0) is 13.0 Å². The van der Waals surface area contributed by atoms with Crippen LogP contribution in [0.3, 0.4) is 0 Å². The fraction of sp³-hybridized carbons (Fsp3) is 0.364. The first-order valence-corrected chi connectivity index (χ1v) is 6.16. The molecule has 96 valence electrons. The van der Waals surface area contributed by atoms with Gasteiger partial charge in [-0.1, -0.05) is 23.2 Å². The number of pyridine rings is 1. The second-order valence-corrected chi connectivity index (χ2v) is 4.75. The molecule has 0 bridgehead atoms. The van der Waals surface area contributed by atoms with E-state index in [9.17, 15) is 9.59 Å². The van der Waals surface area contributed by atoms with Crippen molar-refractivity contribution in [2.24, 2.45) is 0 Å². The molecule has 0 aliphatic carbocycles. The largest absolute Gasteiger partial charge is 0.353 e. The molecule has 1 fully saturated rings. The van der Waals surface area contributed by atoms with Crippen molar-refractivity contribution in [3.05, 3.63) is 28.0 Å². The third-order valence-electron chi connectivity index (χ3n) is 2.81. The van der Waals surface area contributed by atoms with Crippen molar-refractivity contribution in [2.45, 2.75) is 13.0 Å². The Balaban J connectivity index is 2.30. The number of halogens is 2. The zero-order chi connectivity index (χ0) is 13.3. The molecule has 1 aromatic heterocycles. The summed E-state index contributed by atoms with van der Waals surface area (Å²) in [4.78, 5) is 29.1. The van der Waals surface area contributed by atoms with E-state index >= 15 is 0 Å². The summed E-state index contributed by atoms with van der Waals surface area (Å²) in [5, 5.41) is 3.11. The van der Waals surface area contributed by atoms with Gasteiger partial charge in [0.1, 0.15) is 11.2 Å². The number of carbonyl (C=O) groups is 2. The van der Waals surface area contributed by atoms with Crippen molar-refractivity contribution in [3.63, 3.8) is 0 Å². The van der Waals surface area contributed by atoms with Gasteiger partial charge in [-0.25, -0.2) is 4.98 Å². The van der Waals surface area contributed by atoms with Crippen LogP contribution in [0.4, 0.5) is 0 Å². The number of piperazine rings is 1. The monoisotopic (exact) mass is 287 g/mol. The Morgan fingerprint density at radius 2 is 2.28 bits per heavy atom. The molecule has 18 heavy (non-hydrogen) atoms. The zero-order valence-corrected chi connectivity index (χ0v) is 11.1. The van der Waals surface area contributed by atoms with Crippen LogP contribution in [-0.2, 0) is 4.79 Å². The fourth-order valence-electron chi connectivity index (χ4n) is 1.79. The molecule has 0 spiro atoms. The van der Waals surface area contributed by atoms with Gasteiger partial charge in [0.15, 0.2) is 0 Å². The maximum Gasteiger partial charge on any atom is 0.256 e. The molecule has 1 N–H and O–H groups in total. The second-order valence-electron chi connectivity index (χ2n) is 3.95. The lowest BCUT2D eigenvalue weighted by Crippen LogP contribution is -2.55. The summed E-state index contributed by atoms with van der Waals surface area (Å²) in [6.45, 7) is 2.55. The van der Waals surface area contributed by atoms with Crippen molar-refractivity contribution >= 4 is 35.0 Å². The summed E-state index contributed by atoms with van der Waals surface area (Å²) in [5.74, 6) is -0.488. The van der Waals surface area contributed by atoms with E-state index in [2.05, 4.69) is 10.3 Å². The van der Waals surface area contributed by atoms with Gasteiger partial charge >= 0.3 is 0 Å². The molecule has 1 saturated heterocycles. The third-order valence-corrected chi connectivity index (χ3v) is 3.32. The molecule has 2 heterocycles. The predicted molar refractivity (Wildman–Crippen MR) is 67.8 cm³/mol. The number of aromatic nitrogens is 1. The van der Waals surface area contributed by atoms with Gasteiger partial charge < -0.3 is 10.2 Å². The number of amides is 2. The Hall–Kier alpha value is -1.33. The number of hydrogen-bond acceptors (Lipinski definition) is 3. The Labute approximate surface area is 114 Å². The smallest absolute Gasteiger partial charge is 0.256 e. The highest BCUT2D eigenvalue weighted by molar-refractivity contribution is 6.35. The van der Waals surface area contributed by atoms with E-state index in [4.69, 9.17) is 23.2 Å². The quantitative estimate of drug-likeness (QED) is 0.793. The average Bonchev–Trinajstić information content (AvgIpc) is 2.35. The maximum atomic E-state index is 12.3. The first-order valence-electron chi connectivity index (χ1n) is 5.40. The highest BCUT2D eigenvalue weighted by Gasteiger charge is 2.30. The van der Waals surface area contributed by atoms with Crippen LogP contribution in [-0.4, -0.2) is 40.8 Å². The highest BCUT2D eigenvalue weighted by atomic mass is 35.5. The summed E-state index contributed by atoms with van der Waals surface area (Å²) in [6, 6.07) is 0.889. The number of hydrogen-bond donors (Lipinski definition) is 1. The summed E-state index contributed by atoms with van der Waals surface area (Å²) in [7, 11) is 0. The minimum absolute atomic E-state index is 0.175. The molecule has 2 rings (SSSR count). The van der Waals surface area contributed by atoms with Gasteiger partial charge in [0.25, 0.3) is 5.91 Å². The summed E-state index contributed by atoms with van der Waals surface area (Å²) in [6.07, 6.45) is 1.33. The molecule has 1 unspecified atom stereocenters. The SMILES string of the molecule is CC1C(=O)NCCN1C(=O)c1cc(Cl)ncc1Cl. The van der Waals surface area contributed by atoms with Crippen molar-refractivity contribution in [2.75, 3.05) is 13.1 Å². The number of carbonyl (C=O) groups excluding carboxylic acids is 2. The van der Waals surface area contributed by atoms with Crippen molar-refractivity contribution in [1.82, 2.24) is 15.2 Å². The van der Waals surface area contributed by atoms with Crippen molar-refractivity contribution in [1.29, 1.82) is 0 Å². The fourth-order valence-corrected chi connectivity index (χ4v) is 2.13. The van der Waals surface area contributed by atoms with Gasteiger partial charge in [-0.15, -0.1) is 0 Å². The van der Waals surface area contributed by atoms with Crippen LogP contribution in [0.2, 0.25) is 10.2 Å². The Morgan fingerprint density at radius 3 is 3.00 bits per heavy atom. The van der Waals surface area contributed by atoms with Gasteiger partial charge in [0, 0.05) is 19.3 Å². The molecule has 0 radical (unpaired) electrons. The zero-order valence-electron chi connectivity index (χ0n) is 9.61. The Bertz CT molecular complexity index is 507. The van der Waals surface area contributed by atoms with Gasteiger partial charge in [0.05, 0.1) is 10.6 Å². The summed E-state index contributed by atoms with van der Waals surface area (Å²) < 4.78 is 0. The van der Waals surface area contributed by atoms with Crippen LogP contribution >= 0.6 is 23.2 Å². The van der Waals surface area contributed by atoms with E-state index in [0.29, 0.717) is 13.1 Å². The minimum Gasteiger partial charge on any atom is -0.353 e. The molecule has 0 saturated carbocycles. The normalized spacial score (nSPS) is 19.6. The van der Waals surface area contributed by atoms with Gasteiger partial charge in [-0.3, -0.25) is 9.59 Å². The minimum atomic E-state index is -0.519. The van der Waals surface area contributed by atoms with E-state index in [0.717, 1.165) is 0 Å². The molecule has 2 amide bonds. The molecule has 1 aliphatic rings. The Morgan fingerprint density at radius 1 is 1.56 bits per heavy atom. The molecular weight excluding hydrogens is 277 g/mol. The van der Waals surface area contributed by atoms with Crippen LogP contribution in [0.15, 0.2) is 12.3 Å².